The number of fused-ring (bicyclic) bond motifs is 1. The molecule has 44 heavy (non-hydrogen) atoms. The van der Waals surface area contributed by atoms with E-state index in [1.54, 1.807) is 17.0 Å². The number of amides is 4. The molecular formula is C29H41N9O6+2. The monoisotopic (exact) mass is 611 g/mol. The van der Waals surface area contributed by atoms with Gasteiger partial charge in [0.25, 0.3) is 17.4 Å². The number of urea groups is 1. The predicted molar refractivity (Wildman–Crippen MR) is 155 cm³/mol. The van der Waals surface area contributed by atoms with Crippen molar-refractivity contribution >= 4 is 29.8 Å². The molecule has 0 aromatic heterocycles. The Bertz CT molecular complexity index is 1500. The summed E-state index contributed by atoms with van der Waals surface area (Å²) in [7, 11) is 0. The van der Waals surface area contributed by atoms with Crippen molar-refractivity contribution < 1.29 is 38.9 Å². The van der Waals surface area contributed by atoms with Gasteiger partial charge in [0.1, 0.15) is 24.4 Å². The molecule has 5 heterocycles. The molecule has 1 saturated carbocycles. The first-order valence-electron chi connectivity index (χ1n) is 15.3. The van der Waals surface area contributed by atoms with Crippen molar-refractivity contribution in [3.63, 3.8) is 0 Å². The normalized spacial score (nSPS) is 32.0. The number of guanidine groups is 2. The number of rotatable bonds is 5. The Morgan fingerprint density at radius 1 is 1.23 bits per heavy atom. The predicted octanol–water partition coefficient (Wildman–Crippen LogP) is -3.89. The number of nitrogens with two attached hydrogens (primary N) is 2. The summed E-state index contributed by atoms with van der Waals surface area (Å²) < 4.78 is 7.44. The molecule has 0 bridgehead atoms. The first-order valence-corrected chi connectivity index (χ1v) is 15.3. The Morgan fingerprint density at radius 2 is 1.98 bits per heavy atom. The number of ether oxygens (including phenoxy) is 1. The molecule has 0 radical (unpaired) electrons. The summed E-state index contributed by atoms with van der Waals surface area (Å²) in [6, 6.07) is 2.19. The standard InChI is InChI=1S/C29H39N9O6/c1-27(2)10-11-44-21-16(8-5-9-17(21)27)23(40)33-19-13-38-25(31)32-18(22-28(38,29(19,42)43)35-24(30)34-22)12-37-20(39)14-36(26(37)41)15-6-3-4-7-15/h5,8-9,15,18-19,22,42-43H,3-4,6-7,10-14H2,1-2H3,(H6,30,31,32,33,34,35,40)/p+2/t18-,19?,22-,28?/m0/s1. The number of hydrogen-bond acceptors (Lipinski definition) is 10. The molecule has 1 aliphatic carbocycles. The molecule has 15 heteroatoms. The van der Waals surface area contributed by atoms with E-state index in [-0.39, 0.29) is 54.9 Å². The third-order valence-electron chi connectivity index (χ3n) is 10.4. The molecule has 7 rings (SSSR count). The van der Waals surface area contributed by atoms with Crippen molar-refractivity contribution in [2.75, 3.05) is 26.2 Å². The van der Waals surface area contributed by atoms with E-state index in [2.05, 4.69) is 34.8 Å². The Labute approximate surface area is 254 Å². The second-order valence-corrected chi connectivity index (χ2v) is 13.4. The van der Waals surface area contributed by atoms with Gasteiger partial charge in [0, 0.05) is 11.6 Å². The second kappa shape index (κ2) is 9.69. The molecule has 15 nitrogen and oxygen atoms in total. The summed E-state index contributed by atoms with van der Waals surface area (Å²) in [5, 5.41) is 32.7. The Kier molecular flexibility index (Phi) is 6.31. The molecule has 1 aromatic rings. The van der Waals surface area contributed by atoms with Crippen LogP contribution in [0.15, 0.2) is 18.2 Å². The van der Waals surface area contributed by atoms with Crippen LogP contribution in [-0.2, 0) is 10.2 Å². The van der Waals surface area contributed by atoms with Gasteiger partial charge in [-0.3, -0.25) is 36.3 Å². The molecule has 1 spiro atoms. The van der Waals surface area contributed by atoms with Gasteiger partial charge in [-0.05, 0) is 30.7 Å². The number of aliphatic hydroxyl groups is 2. The molecule has 3 fully saturated rings. The number of benzene rings is 1. The molecule has 5 aliphatic heterocycles. The summed E-state index contributed by atoms with van der Waals surface area (Å²) >= 11 is 0. The fourth-order valence-electron chi connectivity index (χ4n) is 8.02. The van der Waals surface area contributed by atoms with Gasteiger partial charge in [-0.25, -0.2) is 14.7 Å². The first-order chi connectivity index (χ1) is 20.8. The Balaban J connectivity index is 1.16. The number of para-hydroxylation sites is 1. The zero-order chi connectivity index (χ0) is 31.2. The molecule has 10 N–H and O–H groups in total. The van der Waals surface area contributed by atoms with E-state index in [0.717, 1.165) is 37.7 Å². The summed E-state index contributed by atoms with van der Waals surface area (Å²) in [6.45, 7) is 4.49. The van der Waals surface area contributed by atoms with Crippen molar-refractivity contribution in [3.05, 3.63) is 29.3 Å². The largest absolute Gasteiger partial charge is 0.492 e. The van der Waals surface area contributed by atoms with E-state index in [4.69, 9.17) is 16.2 Å². The lowest BCUT2D eigenvalue weighted by atomic mass is 9.79. The highest BCUT2D eigenvalue weighted by Gasteiger charge is 2.78. The number of carbonyl (C=O) groups excluding carboxylic acids is 3. The highest BCUT2D eigenvalue weighted by molar-refractivity contribution is 6.02. The lowest BCUT2D eigenvalue weighted by molar-refractivity contribution is -0.674. The topological polar surface area (TPSA) is 212 Å². The lowest BCUT2D eigenvalue weighted by Crippen LogP contribution is -2.92. The number of carbonyl (C=O) groups is 3. The maximum Gasteiger partial charge on any atom is 0.347 e. The summed E-state index contributed by atoms with van der Waals surface area (Å²) in [6.07, 6.45) is 4.58. The van der Waals surface area contributed by atoms with Gasteiger partial charge in [-0.15, -0.1) is 0 Å². The summed E-state index contributed by atoms with van der Waals surface area (Å²) in [4.78, 5) is 45.9. The average Bonchev–Trinajstić information content (AvgIpc) is 3.72. The van der Waals surface area contributed by atoms with Crippen LogP contribution in [0.2, 0.25) is 0 Å². The number of hydrogen-bond donors (Lipinski definition) is 8. The van der Waals surface area contributed by atoms with Crippen LogP contribution in [0, 0.1) is 0 Å². The molecule has 236 valence electrons. The summed E-state index contributed by atoms with van der Waals surface area (Å²) in [5.74, 6) is -2.86. The number of nitrogens with zero attached hydrogens (tertiary/aromatic N) is 3. The maximum atomic E-state index is 13.7. The zero-order valence-corrected chi connectivity index (χ0v) is 24.9. The third kappa shape index (κ3) is 3.98. The Hall–Kier alpha value is -4.11. The molecule has 6 aliphatic rings. The fourth-order valence-corrected chi connectivity index (χ4v) is 8.02. The maximum absolute atomic E-state index is 13.7. The van der Waals surface area contributed by atoms with Crippen molar-refractivity contribution in [3.8, 4) is 5.75 Å². The van der Waals surface area contributed by atoms with Crippen LogP contribution in [0.1, 0.15) is 61.9 Å². The van der Waals surface area contributed by atoms with Gasteiger partial charge < -0.3 is 25.2 Å². The van der Waals surface area contributed by atoms with E-state index < -0.39 is 35.5 Å². The van der Waals surface area contributed by atoms with Crippen LogP contribution in [-0.4, -0.2) is 116 Å². The van der Waals surface area contributed by atoms with Gasteiger partial charge in [0.15, 0.2) is 6.04 Å². The van der Waals surface area contributed by atoms with Crippen LogP contribution in [0.25, 0.3) is 0 Å². The van der Waals surface area contributed by atoms with E-state index in [1.165, 1.54) is 9.48 Å². The van der Waals surface area contributed by atoms with Crippen LogP contribution >= 0.6 is 0 Å². The quantitative estimate of drug-likeness (QED) is 0.0921. The SMILES string of the molecule is CC1(C)CCOc2c(C(=O)NC3C[N+]4=C(N)N[C@@H](CN5C(=O)CN(C6CCCC6)C5=O)[C@@H]5[NH+]=C(N)NC54C3(O)O)cccc21. The highest BCUT2D eigenvalue weighted by atomic mass is 16.5. The van der Waals surface area contributed by atoms with Crippen molar-refractivity contribution in [1.29, 1.82) is 0 Å². The van der Waals surface area contributed by atoms with Crippen molar-refractivity contribution in [2.24, 2.45) is 11.5 Å². The minimum atomic E-state index is -2.61. The van der Waals surface area contributed by atoms with Crippen LogP contribution in [0.3, 0.4) is 0 Å². The lowest BCUT2D eigenvalue weighted by Gasteiger charge is -2.41. The average molecular weight is 612 g/mol. The third-order valence-corrected chi connectivity index (χ3v) is 10.4. The van der Waals surface area contributed by atoms with Crippen molar-refractivity contribution in [1.82, 2.24) is 25.8 Å². The Morgan fingerprint density at radius 3 is 2.73 bits per heavy atom. The van der Waals surface area contributed by atoms with E-state index in [9.17, 15) is 24.6 Å². The first kappa shape index (κ1) is 28.6. The molecule has 2 saturated heterocycles. The smallest absolute Gasteiger partial charge is 0.347 e. The fraction of sp³-hybridized carbons (Fsp3) is 0.621. The van der Waals surface area contributed by atoms with Gasteiger partial charge in [-0.2, -0.15) is 0 Å². The second-order valence-electron chi connectivity index (χ2n) is 13.4. The molecule has 1 aromatic carbocycles. The van der Waals surface area contributed by atoms with Crippen LogP contribution in [0.5, 0.6) is 5.75 Å². The van der Waals surface area contributed by atoms with E-state index >= 15 is 0 Å². The van der Waals surface area contributed by atoms with E-state index in [0.29, 0.717) is 17.9 Å². The molecule has 4 atom stereocenters. The number of imide groups is 1. The van der Waals surface area contributed by atoms with Gasteiger partial charge >= 0.3 is 18.0 Å². The number of nitrogens with one attached hydrogen (secondary N) is 4. The van der Waals surface area contributed by atoms with Crippen molar-refractivity contribution in [2.45, 2.75) is 87.0 Å². The minimum Gasteiger partial charge on any atom is -0.492 e. The zero-order valence-electron chi connectivity index (χ0n) is 24.9. The molecular weight excluding hydrogens is 570 g/mol. The van der Waals surface area contributed by atoms with Crippen LogP contribution in [0.4, 0.5) is 4.79 Å². The van der Waals surface area contributed by atoms with E-state index in [1.807, 2.05) is 6.07 Å². The van der Waals surface area contributed by atoms with Gasteiger partial charge in [0.2, 0.25) is 5.91 Å². The summed E-state index contributed by atoms with van der Waals surface area (Å²) in [5.41, 5.74) is 11.9. The molecule has 2 unspecified atom stereocenters. The molecule has 4 amide bonds. The van der Waals surface area contributed by atoms with Crippen LogP contribution < -0.4 is 37.1 Å². The highest BCUT2D eigenvalue weighted by Crippen LogP contribution is 2.41. The van der Waals surface area contributed by atoms with Gasteiger partial charge in [-0.1, -0.05) is 38.8 Å². The van der Waals surface area contributed by atoms with Gasteiger partial charge in [0.05, 0.1) is 25.3 Å². The minimum absolute atomic E-state index is 0.0133.